The molecule has 0 amide bonds. The second-order valence-corrected chi connectivity index (χ2v) is 5.95. The zero-order valence-corrected chi connectivity index (χ0v) is 13.4. The smallest absolute Gasteiger partial charge is 0.119 e. The van der Waals surface area contributed by atoms with E-state index >= 15 is 0 Å². The number of benzene rings is 1. The van der Waals surface area contributed by atoms with E-state index in [9.17, 15) is 5.11 Å². The van der Waals surface area contributed by atoms with Crippen molar-refractivity contribution in [1.29, 1.82) is 0 Å². The van der Waals surface area contributed by atoms with Crippen molar-refractivity contribution in [2.24, 2.45) is 0 Å². The van der Waals surface area contributed by atoms with Crippen LogP contribution in [0.1, 0.15) is 89.5 Å². The highest BCUT2D eigenvalue weighted by Crippen LogP contribution is 2.33. The molecule has 20 heavy (non-hydrogen) atoms. The molecule has 1 aromatic rings. The average molecular weight is 276 g/mol. The molecule has 1 heteroatoms. The summed E-state index contributed by atoms with van der Waals surface area (Å²) in [5, 5.41) is 10.1. The minimum Gasteiger partial charge on any atom is -0.508 e. The fraction of sp³-hybridized carbons (Fsp3) is 0.684. The maximum absolute atomic E-state index is 10.1. The number of rotatable bonds is 11. The zero-order valence-electron chi connectivity index (χ0n) is 13.4. The van der Waals surface area contributed by atoms with Gasteiger partial charge in [0.25, 0.3) is 0 Å². The third-order valence-electron chi connectivity index (χ3n) is 4.19. The third-order valence-corrected chi connectivity index (χ3v) is 4.19. The summed E-state index contributed by atoms with van der Waals surface area (Å²) in [6, 6.07) is 7.92. The average Bonchev–Trinajstić information content (AvgIpc) is 2.46. The molecule has 1 rings (SSSR count). The van der Waals surface area contributed by atoms with Crippen molar-refractivity contribution < 1.29 is 5.11 Å². The number of hydrogen-bond acceptors (Lipinski definition) is 1. The van der Waals surface area contributed by atoms with E-state index in [1.807, 2.05) is 12.1 Å². The van der Waals surface area contributed by atoms with Crippen LogP contribution in [0.3, 0.4) is 0 Å². The second-order valence-electron chi connectivity index (χ2n) is 5.95. The zero-order chi connectivity index (χ0) is 14.6. The molecule has 0 saturated carbocycles. The predicted molar refractivity (Wildman–Crippen MR) is 88.4 cm³/mol. The van der Waals surface area contributed by atoms with Crippen molar-refractivity contribution >= 4 is 0 Å². The Balaban J connectivity index is 2.52. The van der Waals surface area contributed by atoms with E-state index in [4.69, 9.17) is 0 Å². The lowest BCUT2D eigenvalue weighted by Crippen LogP contribution is -2.00. The number of aromatic hydroxyl groups is 1. The molecule has 1 N–H and O–H groups in total. The number of hydrogen-bond donors (Lipinski definition) is 1. The van der Waals surface area contributed by atoms with Gasteiger partial charge in [0.2, 0.25) is 0 Å². The molecule has 0 fully saturated rings. The normalized spacial score (nSPS) is 11.2. The molecule has 0 unspecified atom stereocenters. The molecule has 0 radical (unpaired) electrons. The molecule has 0 bridgehead atoms. The van der Waals surface area contributed by atoms with Crippen LogP contribution in [-0.4, -0.2) is 5.11 Å². The van der Waals surface area contributed by atoms with Crippen LogP contribution in [-0.2, 0) is 0 Å². The van der Waals surface area contributed by atoms with E-state index in [0.29, 0.717) is 11.7 Å². The highest BCUT2D eigenvalue weighted by molar-refractivity contribution is 5.34. The molecule has 0 aliphatic rings. The Morgan fingerprint density at radius 3 is 1.85 bits per heavy atom. The Labute approximate surface area is 125 Å². The highest BCUT2D eigenvalue weighted by atomic mass is 16.3. The minimum absolute atomic E-state index is 0.489. The molecular formula is C19H32O. The van der Waals surface area contributed by atoms with Crippen molar-refractivity contribution in [2.75, 3.05) is 0 Å². The summed E-state index contributed by atoms with van der Waals surface area (Å²) in [7, 11) is 0. The van der Waals surface area contributed by atoms with Gasteiger partial charge in [0.15, 0.2) is 0 Å². The van der Waals surface area contributed by atoms with Crippen molar-refractivity contribution in [2.45, 2.75) is 84.0 Å². The van der Waals surface area contributed by atoms with E-state index in [-0.39, 0.29) is 0 Å². The Bertz CT molecular complexity index is 333. The van der Waals surface area contributed by atoms with Crippen LogP contribution in [0.2, 0.25) is 0 Å². The molecule has 0 spiro atoms. The maximum Gasteiger partial charge on any atom is 0.119 e. The number of phenolic OH excluding ortho intramolecular Hbond substituents is 1. The molecule has 0 aliphatic carbocycles. The van der Waals surface area contributed by atoms with Gasteiger partial charge in [-0.2, -0.15) is 0 Å². The lowest BCUT2D eigenvalue weighted by atomic mass is 9.87. The van der Waals surface area contributed by atoms with Crippen molar-refractivity contribution in [1.82, 2.24) is 0 Å². The fourth-order valence-corrected chi connectivity index (χ4v) is 2.92. The summed E-state index contributed by atoms with van der Waals surface area (Å²) in [6.45, 7) is 4.51. The first kappa shape index (κ1) is 17.1. The molecule has 0 aromatic heterocycles. The van der Waals surface area contributed by atoms with Crippen LogP contribution >= 0.6 is 0 Å². The van der Waals surface area contributed by atoms with Crippen LogP contribution in [0.5, 0.6) is 5.75 Å². The van der Waals surface area contributed by atoms with Crippen LogP contribution in [0.15, 0.2) is 24.3 Å². The summed E-state index contributed by atoms with van der Waals surface area (Å²) in [4.78, 5) is 0. The van der Waals surface area contributed by atoms with Crippen LogP contribution in [0, 0.1) is 0 Å². The molecule has 0 saturated heterocycles. The lowest BCUT2D eigenvalue weighted by molar-refractivity contribution is 0.440. The Morgan fingerprint density at radius 2 is 1.35 bits per heavy atom. The third kappa shape index (κ3) is 6.45. The van der Waals surface area contributed by atoms with Crippen molar-refractivity contribution in [3.05, 3.63) is 29.8 Å². The van der Waals surface area contributed by atoms with Gasteiger partial charge >= 0.3 is 0 Å². The standard InChI is InChI=1S/C19H32O/c1-3-5-7-9-13-17(14-10-8-6-4-2)18-15-11-12-16-19(18)20/h11-12,15-17,20H,3-10,13-14H2,1-2H3. The van der Waals surface area contributed by atoms with Crippen LogP contribution < -0.4 is 0 Å². The minimum atomic E-state index is 0.489. The SMILES string of the molecule is CCCCCCC(CCCCCC)c1ccccc1O. The Morgan fingerprint density at radius 1 is 0.800 bits per heavy atom. The van der Waals surface area contributed by atoms with Crippen LogP contribution in [0.25, 0.3) is 0 Å². The van der Waals surface area contributed by atoms with Crippen molar-refractivity contribution in [3.63, 3.8) is 0 Å². The van der Waals surface area contributed by atoms with E-state index < -0.39 is 0 Å². The summed E-state index contributed by atoms with van der Waals surface area (Å²) >= 11 is 0. The number of unbranched alkanes of at least 4 members (excludes halogenated alkanes) is 6. The largest absolute Gasteiger partial charge is 0.508 e. The molecular weight excluding hydrogens is 244 g/mol. The molecule has 114 valence electrons. The van der Waals surface area contributed by atoms with Gasteiger partial charge in [-0.25, -0.2) is 0 Å². The van der Waals surface area contributed by atoms with E-state index in [1.165, 1.54) is 69.8 Å². The number of phenols is 1. The maximum atomic E-state index is 10.1. The Hall–Kier alpha value is -0.980. The van der Waals surface area contributed by atoms with E-state index in [2.05, 4.69) is 26.0 Å². The van der Waals surface area contributed by atoms with Gasteiger partial charge in [-0.1, -0.05) is 83.4 Å². The molecule has 1 nitrogen and oxygen atoms in total. The van der Waals surface area contributed by atoms with Crippen molar-refractivity contribution in [3.8, 4) is 5.75 Å². The highest BCUT2D eigenvalue weighted by Gasteiger charge is 2.14. The van der Waals surface area contributed by atoms with E-state index in [1.54, 1.807) is 0 Å². The first-order valence-corrected chi connectivity index (χ1v) is 8.57. The summed E-state index contributed by atoms with van der Waals surface area (Å²) in [5.41, 5.74) is 1.17. The molecule has 0 atom stereocenters. The van der Waals surface area contributed by atoms with Crippen LogP contribution in [0.4, 0.5) is 0 Å². The van der Waals surface area contributed by atoms with Gasteiger partial charge in [0.1, 0.15) is 5.75 Å². The molecule has 0 aliphatic heterocycles. The van der Waals surface area contributed by atoms with Gasteiger partial charge in [0, 0.05) is 0 Å². The Kier molecular flexibility index (Phi) is 9.19. The van der Waals surface area contributed by atoms with Gasteiger partial charge in [-0.15, -0.1) is 0 Å². The summed E-state index contributed by atoms with van der Waals surface area (Å²) < 4.78 is 0. The fourth-order valence-electron chi connectivity index (χ4n) is 2.92. The van der Waals surface area contributed by atoms with Gasteiger partial charge in [-0.05, 0) is 30.4 Å². The topological polar surface area (TPSA) is 20.2 Å². The first-order valence-electron chi connectivity index (χ1n) is 8.57. The quantitative estimate of drug-likeness (QED) is 0.462. The number of para-hydroxylation sites is 1. The first-order chi connectivity index (χ1) is 9.79. The predicted octanol–water partition coefficient (Wildman–Crippen LogP) is 6.42. The second kappa shape index (κ2) is 10.8. The van der Waals surface area contributed by atoms with Gasteiger partial charge in [-0.3, -0.25) is 0 Å². The summed E-state index contributed by atoms with van der Waals surface area (Å²) in [5.74, 6) is 1.04. The molecule has 1 aromatic carbocycles. The lowest BCUT2D eigenvalue weighted by Gasteiger charge is -2.18. The summed E-state index contributed by atoms with van der Waals surface area (Å²) in [6.07, 6.45) is 12.9. The monoisotopic (exact) mass is 276 g/mol. The van der Waals surface area contributed by atoms with Gasteiger partial charge < -0.3 is 5.11 Å². The molecule has 0 heterocycles. The van der Waals surface area contributed by atoms with E-state index in [0.717, 1.165) is 0 Å². The van der Waals surface area contributed by atoms with Gasteiger partial charge in [0.05, 0.1) is 0 Å².